The number of amides is 1. The molecule has 0 aromatic heterocycles. The summed E-state index contributed by atoms with van der Waals surface area (Å²) in [4.78, 5) is 12.9. The quantitative estimate of drug-likeness (QED) is 0.827. The van der Waals surface area contributed by atoms with E-state index in [9.17, 15) is 18.3 Å². The molecule has 1 aromatic rings. The minimum atomic E-state index is -3.35. The van der Waals surface area contributed by atoms with E-state index >= 15 is 0 Å². The molecule has 1 N–H and O–H groups in total. The molecule has 1 rings (SSSR count). The highest BCUT2D eigenvalue weighted by Crippen LogP contribution is 2.40. The first kappa shape index (κ1) is 18.2. The first-order valence-electron chi connectivity index (χ1n) is 6.46. The molecule has 0 saturated carbocycles. The SMILES string of the molecule is COc1cc(C(O)CS(C)(=O)=O)cc(OC)c1N(C)C(C)=O. The molecule has 0 heterocycles. The lowest BCUT2D eigenvalue weighted by atomic mass is 10.1. The largest absolute Gasteiger partial charge is 0.494 e. The summed E-state index contributed by atoms with van der Waals surface area (Å²) in [6.07, 6.45) is -0.169. The van der Waals surface area contributed by atoms with Crippen LogP contribution >= 0.6 is 0 Å². The molecule has 0 radical (unpaired) electrons. The van der Waals surface area contributed by atoms with Crippen molar-refractivity contribution in [2.24, 2.45) is 0 Å². The third kappa shape index (κ3) is 4.35. The van der Waals surface area contributed by atoms with Gasteiger partial charge in [-0.05, 0) is 17.7 Å². The third-order valence-corrected chi connectivity index (χ3v) is 4.08. The Balaban J connectivity index is 3.39. The Hall–Kier alpha value is -1.80. The molecule has 0 aliphatic carbocycles. The van der Waals surface area contributed by atoms with Gasteiger partial charge in [0.05, 0.1) is 26.1 Å². The van der Waals surface area contributed by atoms with E-state index in [1.807, 2.05) is 0 Å². The number of hydrogen-bond donors (Lipinski definition) is 1. The monoisotopic (exact) mass is 331 g/mol. The maximum atomic E-state index is 11.6. The van der Waals surface area contributed by atoms with Crippen molar-refractivity contribution in [3.63, 3.8) is 0 Å². The van der Waals surface area contributed by atoms with Crippen LogP contribution in [0.3, 0.4) is 0 Å². The van der Waals surface area contributed by atoms with Crippen LogP contribution in [0.4, 0.5) is 5.69 Å². The standard InChI is InChI=1S/C14H21NO6S/c1-9(16)15(2)14-12(20-3)6-10(7-13(14)21-4)11(17)8-22(5,18)19/h6-7,11,17H,8H2,1-5H3. The molecule has 1 amide bonds. The summed E-state index contributed by atoms with van der Waals surface area (Å²) in [6.45, 7) is 1.39. The maximum Gasteiger partial charge on any atom is 0.223 e. The van der Waals surface area contributed by atoms with Gasteiger partial charge in [0, 0.05) is 20.2 Å². The van der Waals surface area contributed by atoms with Crippen LogP contribution in [0.1, 0.15) is 18.6 Å². The van der Waals surface area contributed by atoms with E-state index in [2.05, 4.69) is 0 Å². The number of carbonyl (C=O) groups is 1. The number of ether oxygens (including phenoxy) is 2. The second kappa shape index (κ2) is 6.97. The molecule has 8 heteroatoms. The summed E-state index contributed by atoms with van der Waals surface area (Å²) in [5.41, 5.74) is 0.743. The van der Waals surface area contributed by atoms with Gasteiger partial charge >= 0.3 is 0 Å². The zero-order chi connectivity index (χ0) is 17.1. The van der Waals surface area contributed by atoms with Crippen LogP contribution in [0.2, 0.25) is 0 Å². The van der Waals surface area contributed by atoms with Gasteiger partial charge in [-0.2, -0.15) is 0 Å². The van der Waals surface area contributed by atoms with Crippen molar-refractivity contribution in [1.82, 2.24) is 0 Å². The van der Waals surface area contributed by atoms with Crippen molar-refractivity contribution >= 4 is 21.4 Å². The fourth-order valence-corrected chi connectivity index (χ4v) is 2.74. The molecule has 0 saturated heterocycles. The highest BCUT2D eigenvalue weighted by Gasteiger charge is 2.23. The molecule has 0 bridgehead atoms. The molecule has 22 heavy (non-hydrogen) atoms. The topological polar surface area (TPSA) is 93.1 Å². The zero-order valence-electron chi connectivity index (χ0n) is 13.3. The van der Waals surface area contributed by atoms with E-state index in [1.54, 1.807) is 7.05 Å². The van der Waals surface area contributed by atoms with Crippen molar-refractivity contribution in [2.45, 2.75) is 13.0 Å². The Morgan fingerprint density at radius 3 is 2.05 bits per heavy atom. The predicted octanol–water partition coefficient (Wildman–Crippen LogP) is 0.764. The van der Waals surface area contributed by atoms with Crippen molar-refractivity contribution in [3.8, 4) is 11.5 Å². The molecule has 124 valence electrons. The number of sulfone groups is 1. The van der Waals surface area contributed by atoms with Crippen LogP contribution in [0, 0.1) is 0 Å². The molecular weight excluding hydrogens is 310 g/mol. The molecule has 1 unspecified atom stereocenters. The van der Waals surface area contributed by atoms with Crippen molar-refractivity contribution in [2.75, 3.05) is 38.2 Å². The van der Waals surface area contributed by atoms with Crippen molar-refractivity contribution < 1.29 is 27.8 Å². The van der Waals surface area contributed by atoms with Crippen LogP contribution in [0.5, 0.6) is 11.5 Å². The van der Waals surface area contributed by atoms with E-state index in [0.717, 1.165) is 6.26 Å². The Labute approximate surface area is 130 Å². The zero-order valence-corrected chi connectivity index (χ0v) is 14.1. The summed E-state index contributed by atoms with van der Waals surface area (Å²) >= 11 is 0. The molecule has 7 nitrogen and oxygen atoms in total. The lowest BCUT2D eigenvalue weighted by Crippen LogP contribution is -2.24. The summed E-state index contributed by atoms with van der Waals surface area (Å²) < 4.78 is 33.1. The Morgan fingerprint density at radius 2 is 1.73 bits per heavy atom. The minimum Gasteiger partial charge on any atom is -0.494 e. The number of rotatable bonds is 6. The normalized spacial score (nSPS) is 12.6. The van der Waals surface area contributed by atoms with Gasteiger partial charge in [0.15, 0.2) is 0 Å². The summed E-state index contributed by atoms with van der Waals surface area (Å²) in [5, 5.41) is 10.1. The Morgan fingerprint density at radius 1 is 1.27 bits per heavy atom. The van der Waals surface area contributed by atoms with E-state index in [0.29, 0.717) is 22.7 Å². The fourth-order valence-electron chi connectivity index (χ4n) is 1.98. The second-order valence-corrected chi connectivity index (χ2v) is 7.15. The highest BCUT2D eigenvalue weighted by atomic mass is 32.2. The van der Waals surface area contributed by atoms with Gasteiger partial charge in [0.1, 0.15) is 27.0 Å². The van der Waals surface area contributed by atoms with Gasteiger partial charge in [-0.1, -0.05) is 0 Å². The average Bonchev–Trinajstić information content (AvgIpc) is 2.42. The van der Waals surface area contributed by atoms with Gasteiger partial charge < -0.3 is 19.5 Å². The van der Waals surface area contributed by atoms with Gasteiger partial charge in [-0.25, -0.2) is 8.42 Å². The number of methoxy groups -OCH3 is 2. The molecular formula is C14H21NO6S. The van der Waals surface area contributed by atoms with Gasteiger partial charge in [0.25, 0.3) is 0 Å². The molecule has 1 atom stereocenters. The first-order valence-corrected chi connectivity index (χ1v) is 8.52. The lowest BCUT2D eigenvalue weighted by Gasteiger charge is -2.23. The first-order chi connectivity index (χ1) is 10.1. The van der Waals surface area contributed by atoms with Crippen LogP contribution in [0.25, 0.3) is 0 Å². The van der Waals surface area contributed by atoms with Crippen LogP contribution in [-0.2, 0) is 14.6 Å². The molecule has 0 fully saturated rings. The molecule has 0 aliphatic heterocycles. The van der Waals surface area contributed by atoms with Gasteiger partial charge in [-0.15, -0.1) is 0 Å². The van der Waals surface area contributed by atoms with E-state index in [-0.39, 0.29) is 5.91 Å². The number of nitrogens with zero attached hydrogens (tertiary/aromatic N) is 1. The smallest absolute Gasteiger partial charge is 0.223 e. The molecule has 1 aromatic carbocycles. The minimum absolute atomic E-state index is 0.221. The van der Waals surface area contributed by atoms with Gasteiger partial charge in [0.2, 0.25) is 5.91 Å². The van der Waals surface area contributed by atoms with Crippen LogP contribution < -0.4 is 14.4 Å². The number of hydrogen-bond acceptors (Lipinski definition) is 6. The summed E-state index contributed by atoms with van der Waals surface area (Å²) in [6, 6.07) is 2.99. The Bertz CT molecular complexity index is 630. The van der Waals surface area contributed by atoms with Crippen molar-refractivity contribution in [3.05, 3.63) is 17.7 Å². The van der Waals surface area contributed by atoms with Crippen molar-refractivity contribution in [1.29, 1.82) is 0 Å². The molecule has 0 aliphatic rings. The fraction of sp³-hybridized carbons (Fsp3) is 0.500. The van der Waals surface area contributed by atoms with Gasteiger partial charge in [-0.3, -0.25) is 4.79 Å². The number of carbonyl (C=O) groups excluding carboxylic acids is 1. The summed E-state index contributed by atoms with van der Waals surface area (Å²) in [7, 11) is 1.05. The molecule has 0 spiro atoms. The highest BCUT2D eigenvalue weighted by molar-refractivity contribution is 7.90. The number of aliphatic hydroxyl groups excluding tert-OH is 1. The van der Waals surface area contributed by atoms with E-state index in [4.69, 9.17) is 9.47 Å². The lowest BCUT2D eigenvalue weighted by molar-refractivity contribution is -0.116. The number of anilines is 1. The third-order valence-electron chi connectivity index (χ3n) is 3.16. The predicted molar refractivity (Wildman–Crippen MR) is 83.3 cm³/mol. The Kier molecular flexibility index (Phi) is 5.78. The van der Waals surface area contributed by atoms with Crippen LogP contribution in [-0.4, -0.2) is 52.7 Å². The second-order valence-electron chi connectivity index (χ2n) is 4.96. The average molecular weight is 331 g/mol. The number of aliphatic hydroxyl groups is 1. The van der Waals surface area contributed by atoms with E-state index < -0.39 is 21.7 Å². The van der Waals surface area contributed by atoms with Crippen LogP contribution in [0.15, 0.2) is 12.1 Å². The maximum absolute atomic E-state index is 11.6. The summed E-state index contributed by atoms with van der Waals surface area (Å²) in [5.74, 6) is -0.0264. The van der Waals surface area contributed by atoms with E-state index in [1.165, 1.54) is 38.2 Å². The number of benzene rings is 1.